The minimum atomic E-state index is -0.354. The third-order valence-corrected chi connectivity index (χ3v) is 6.31. The average Bonchev–Trinajstić information content (AvgIpc) is 3.03. The molecule has 1 fully saturated rings. The van der Waals surface area contributed by atoms with Gasteiger partial charge in [0.05, 0.1) is 5.02 Å². The van der Waals surface area contributed by atoms with Gasteiger partial charge < -0.3 is 9.80 Å². The lowest BCUT2D eigenvalue weighted by atomic mass is 10.2. The van der Waals surface area contributed by atoms with Crippen molar-refractivity contribution in [2.75, 3.05) is 26.2 Å². The highest BCUT2D eigenvalue weighted by atomic mass is 35.5. The zero-order chi connectivity index (χ0) is 19.0. The molecule has 0 atom stereocenters. The molecule has 1 saturated heterocycles. The molecule has 2 aromatic carbocycles. The number of carbonyl (C=O) groups excluding carboxylic acids is 2. The second-order valence-electron chi connectivity index (χ2n) is 6.34. The lowest BCUT2D eigenvalue weighted by Crippen LogP contribution is -2.50. The Kier molecular flexibility index (Phi) is 4.85. The van der Waals surface area contributed by atoms with E-state index in [1.165, 1.54) is 23.5 Å². The molecule has 7 heteroatoms. The lowest BCUT2D eigenvalue weighted by molar-refractivity contribution is 0.0538. The van der Waals surface area contributed by atoms with Gasteiger partial charge in [-0.15, -0.1) is 11.3 Å². The molecule has 0 radical (unpaired) electrons. The first-order valence-corrected chi connectivity index (χ1v) is 9.75. The topological polar surface area (TPSA) is 40.6 Å². The normalized spacial score (nSPS) is 14.6. The molecule has 2 heterocycles. The van der Waals surface area contributed by atoms with E-state index in [1.54, 1.807) is 28.0 Å². The van der Waals surface area contributed by atoms with Crippen molar-refractivity contribution in [3.63, 3.8) is 0 Å². The fourth-order valence-corrected chi connectivity index (χ4v) is 4.70. The Bertz CT molecular complexity index is 1010. The van der Waals surface area contributed by atoms with Crippen molar-refractivity contribution in [1.82, 2.24) is 9.80 Å². The Morgan fingerprint density at radius 3 is 2.22 bits per heavy atom. The fraction of sp³-hybridized carbons (Fsp3) is 0.200. The molecule has 3 aromatic rings. The number of rotatable bonds is 2. The minimum absolute atomic E-state index is 0.0296. The molecule has 2 amide bonds. The first-order valence-electron chi connectivity index (χ1n) is 8.56. The van der Waals surface area contributed by atoms with Crippen molar-refractivity contribution in [3.05, 3.63) is 69.8 Å². The molecule has 0 aliphatic carbocycles. The molecular formula is C20H16ClFN2O2S. The van der Waals surface area contributed by atoms with Crippen LogP contribution in [0.2, 0.25) is 5.02 Å². The van der Waals surface area contributed by atoms with Crippen LogP contribution in [0.1, 0.15) is 20.0 Å². The van der Waals surface area contributed by atoms with E-state index in [0.29, 0.717) is 51.7 Å². The van der Waals surface area contributed by atoms with E-state index in [2.05, 4.69) is 0 Å². The smallest absolute Gasteiger partial charge is 0.265 e. The van der Waals surface area contributed by atoms with Gasteiger partial charge in [-0.05, 0) is 30.3 Å². The third kappa shape index (κ3) is 3.42. The van der Waals surface area contributed by atoms with Crippen LogP contribution in [0.5, 0.6) is 0 Å². The molecule has 1 aliphatic heterocycles. The zero-order valence-electron chi connectivity index (χ0n) is 14.3. The van der Waals surface area contributed by atoms with Crippen molar-refractivity contribution in [3.8, 4) is 0 Å². The summed E-state index contributed by atoms with van der Waals surface area (Å²) in [7, 11) is 0. The van der Waals surface area contributed by atoms with E-state index < -0.39 is 0 Å². The number of piperazine rings is 1. The van der Waals surface area contributed by atoms with Gasteiger partial charge in [-0.3, -0.25) is 9.59 Å². The molecule has 0 unspecified atom stereocenters. The minimum Gasteiger partial charge on any atom is -0.335 e. The Labute approximate surface area is 164 Å². The highest BCUT2D eigenvalue weighted by Gasteiger charge is 2.28. The lowest BCUT2D eigenvalue weighted by Gasteiger charge is -2.34. The summed E-state index contributed by atoms with van der Waals surface area (Å²) in [5.74, 6) is -0.557. The first-order chi connectivity index (χ1) is 13.0. The van der Waals surface area contributed by atoms with Crippen LogP contribution in [0.25, 0.3) is 10.1 Å². The van der Waals surface area contributed by atoms with Crippen molar-refractivity contribution in [1.29, 1.82) is 0 Å². The van der Waals surface area contributed by atoms with Gasteiger partial charge in [0.2, 0.25) is 0 Å². The SMILES string of the molecule is O=C(c1ccccc1)N1CCN(C(=O)c2sc3cc(F)ccc3c2Cl)CC1. The van der Waals surface area contributed by atoms with Crippen LogP contribution in [-0.2, 0) is 0 Å². The van der Waals surface area contributed by atoms with E-state index >= 15 is 0 Å². The number of amides is 2. The number of hydrogen-bond donors (Lipinski definition) is 0. The van der Waals surface area contributed by atoms with Crippen molar-refractivity contribution in [2.45, 2.75) is 0 Å². The van der Waals surface area contributed by atoms with Crippen LogP contribution in [0.15, 0.2) is 48.5 Å². The van der Waals surface area contributed by atoms with Gasteiger partial charge in [-0.2, -0.15) is 0 Å². The molecule has 1 aliphatic rings. The molecule has 0 spiro atoms. The van der Waals surface area contributed by atoms with Gasteiger partial charge >= 0.3 is 0 Å². The molecule has 0 saturated carbocycles. The van der Waals surface area contributed by atoms with E-state index in [4.69, 9.17) is 11.6 Å². The number of halogens is 2. The van der Waals surface area contributed by atoms with E-state index in [-0.39, 0.29) is 17.6 Å². The van der Waals surface area contributed by atoms with Gasteiger partial charge in [-0.1, -0.05) is 29.8 Å². The molecule has 4 rings (SSSR count). The second-order valence-corrected chi connectivity index (χ2v) is 7.77. The molecule has 4 nitrogen and oxygen atoms in total. The number of benzene rings is 2. The highest BCUT2D eigenvalue weighted by Crippen LogP contribution is 2.36. The van der Waals surface area contributed by atoms with Crippen LogP contribution >= 0.6 is 22.9 Å². The molecule has 138 valence electrons. The van der Waals surface area contributed by atoms with Gasteiger partial charge in [0.1, 0.15) is 10.7 Å². The summed E-state index contributed by atoms with van der Waals surface area (Å²) in [5.41, 5.74) is 0.645. The number of hydrogen-bond acceptors (Lipinski definition) is 3. The summed E-state index contributed by atoms with van der Waals surface area (Å²) in [6, 6.07) is 13.4. The summed E-state index contributed by atoms with van der Waals surface area (Å²) in [6.07, 6.45) is 0. The maximum absolute atomic E-state index is 13.4. The summed E-state index contributed by atoms with van der Waals surface area (Å²) in [6.45, 7) is 1.82. The van der Waals surface area contributed by atoms with Gasteiger partial charge in [0.25, 0.3) is 11.8 Å². The predicted octanol–water partition coefficient (Wildman–Crippen LogP) is 4.29. The van der Waals surface area contributed by atoms with Crippen LogP contribution in [0.3, 0.4) is 0 Å². The molecule has 27 heavy (non-hydrogen) atoms. The summed E-state index contributed by atoms with van der Waals surface area (Å²) >= 11 is 7.56. The Hall–Kier alpha value is -2.44. The van der Waals surface area contributed by atoms with Crippen LogP contribution in [0, 0.1) is 5.82 Å². The Morgan fingerprint density at radius 2 is 1.56 bits per heavy atom. The fourth-order valence-electron chi connectivity index (χ4n) is 3.20. The first kappa shape index (κ1) is 17.9. The molecule has 1 aromatic heterocycles. The van der Waals surface area contributed by atoms with Crippen LogP contribution in [0.4, 0.5) is 4.39 Å². The maximum atomic E-state index is 13.4. The average molecular weight is 403 g/mol. The summed E-state index contributed by atoms with van der Waals surface area (Å²) < 4.78 is 14.1. The molecule has 0 N–H and O–H groups in total. The summed E-state index contributed by atoms with van der Waals surface area (Å²) in [4.78, 5) is 29.3. The quantitative estimate of drug-likeness (QED) is 0.641. The maximum Gasteiger partial charge on any atom is 0.265 e. The van der Waals surface area contributed by atoms with Crippen molar-refractivity contribution < 1.29 is 14.0 Å². The van der Waals surface area contributed by atoms with Crippen molar-refractivity contribution >= 4 is 44.8 Å². The largest absolute Gasteiger partial charge is 0.335 e. The van der Waals surface area contributed by atoms with Crippen molar-refractivity contribution in [2.24, 2.45) is 0 Å². The molecule has 0 bridgehead atoms. The standard InChI is InChI=1S/C20H16ClFN2O2S/c21-17-15-7-6-14(22)12-16(15)27-18(17)20(26)24-10-8-23(9-11-24)19(25)13-4-2-1-3-5-13/h1-7,12H,8-11H2. The Morgan fingerprint density at radius 1 is 0.926 bits per heavy atom. The van der Waals surface area contributed by atoms with Gasteiger partial charge in [0.15, 0.2) is 0 Å². The van der Waals surface area contributed by atoms with E-state index in [1.807, 2.05) is 18.2 Å². The second kappa shape index (κ2) is 7.29. The number of carbonyl (C=O) groups is 2. The molecular weight excluding hydrogens is 387 g/mol. The van der Waals surface area contributed by atoms with Gasteiger partial charge in [-0.25, -0.2) is 4.39 Å². The summed E-state index contributed by atoms with van der Waals surface area (Å²) in [5, 5.41) is 1.05. The zero-order valence-corrected chi connectivity index (χ0v) is 15.9. The highest BCUT2D eigenvalue weighted by molar-refractivity contribution is 7.21. The third-order valence-electron chi connectivity index (χ3n) is 4.66. The number of thiophene rings is 1. The van der Waals surface area contributed by atoms with E-state index in [0.717, 1.165) is 0 Å². The van der Waals surface area contributed by atoms with Crippen LogP contribution in [-0.4, -0.2) is 47.8 Å². The predicted molar refractivity (Wildman–Crippen MR) is 105 cm³/mol. The number of nitrogens with zero attached hydrogens (tertiary/aromatic N) is 2. The van der Waals surface area contributed by atoms with Gasteiger partial charge in [0, 0.05) is 41.8 Å². The van der Waals surface area contributed by atoms with Crippen LogP contribution < -0.4 is 0 Å². The Balaban J connectivity index is 1.48. The number of fused-ring (bicyclic) bond motifs is 1. The monoisotopic (exact) mass is 402 g/mol. The van der Waals surface area contributed by atoms with E-state index in [9.17, 15) is 14.0 Å².